The summed E-state index contributed by atoms with van der Waals surface area (Å²) < 4.78 is 28.2. The maximum Gasteiger partial charge on any atom is 0.472 e. The Kier molecular flexibility index (Phi) is 2.94. The number of phosphoric acid groups is 1. The summed E-state index contributed by atoms with van der Waals surface area (Å²) in [6.45, 7) is -0.104. The lowest BCUT2D eigenvalue weighted by molar-refractivity contribution is -0.0704. The van der Waals surface area contributed by atoms with Crippen LogP contribution >= 0.6 is 7.82 Å². The predicted molar refractivity (Wildman–Crippen MR) is 70.3 cm³/mol. The lowest BCUT2D eigenvalue weighted by Crippen LogP contribution is -2.39. The average Bonchev–Trinajstić information content (AvgIpc) is 3.00. The molecule has 2 aliphatic heterocycles. The van der Waals surface area contributed by atoms with Crippen molar-refractivity contribution in [2.24, 2.45) is 0 Å². The van der Waals surface area contributed by atoms with Gasteiger partial charge in [0.05, 0.1) is 12.1 Å². The van der Waals surface area contributed by atoms with Gasteiger partial charge in [-0.05, 0) is 6.07 Å². The number of aliphatic hydroxyl groups is 1. The van der Waals surface area contributed by atoms with Crippen molar-refractivity contribution in [1.82, 2.24) is 9.78 Å². The van der Waals surface area contributed by atoms with E-state index in [1.54, 1.807) is 6.20 Å². The Morgan fingerprint density at radius 2 is 2.19 bits per heavy atom. The van der Waals surface area contributed by atoms with E-state index in [2.05, 4.69) is 5.10 Å². The van der Waals surface area contributed by atoms with Crippen LogP contribution in [0.3, 0.4) is 0 Å². The molecule has 2 aromatic rings. The number of aliphatic hydroxyl groups excluding tert-OH is 1. The number of benzene rings is 1. The molecule has 0 spiro atoms. The van der Waals surface area contributed by atoms with Crippen molar-refractivity contribution in [1.29, 1.82) is 0 Å². The number of hydrogen-bond donors (Lipinski definition) is 2. The Balaban J connectivity index is 1.66. The monoisotopic (exact) mass is 312 g/mol. The van der Waals surface area contributed by atoms with Crippen LogP contribution < -0.4 is 0 Å². The van der Waals surface area contributed by atoms with Gasteiger partial charge in [-0.2, -0.15) is 5.10 Å². The van der Waals surface area contributed by atoms with E-state index < -0.39 is 32.4 Å². The van der Waals surface area contributed by atoms with Gasteiger partial charge in [0, 0.05) is 11.6 Å². The Hall–Kier alpha value is -1.28. The first kappa shape index (κ1) is 13.4. The molecule has 2 fully saturated rings. The molecule has 0 saturated carbocycles. The van der Waals surface area contributed by atoms with Crippen molar-refractivity contribution >= 4 is 18.7 Å². The quantitative estimate of drug-likeness (QED) is 0.751. The van der Waals surface area contributed by atoms with Crippen LogP contribution in [0.25, 0.3) is 10.9 Å². The van der Waals surface area contributed by atoms with E-state index in [1.165, 1.54) is 4.68 Å². The van der Waals surface area contributed by atoms with Gasteiger partial charge >= 0.3 is 7.82 Å². The fourth-order valence-electron chi connectivity index (χ4n) is 2.67. The van der Waals surface area contributed by atoms with Gasteiger partial charge in [-0.15, -0.1) is 0 Å². The topological polar surface area (TPSA) is 103 Å². The van der Waals surface area contributed by atoms with Gasteiger partial charge < -0.3 is 14.7 Å². The van der Waals surface area contributed by atoms with Gasteiger partial charge in [-0.1, -0.05) is 18.2 Å². The molecule has 1 aromatic carbocycles. The molecule has 2 N–H and O–H groups in total. The van der Waals surface area contributed by atoms with Crippen molar-refractivity contribution in [3.8, 4) is 0 Å². The van der Waals surface area contributed by atoms with Gasteiger partial charge in [0.2, 0.25) is 0 Å². The van der Waals surface area contributed by atoms with E-state index in [-0.39, 0.29) is 6.61 Å². The Morgan fingerprint density at radius 3 is 3.00 bits per heavy atom. The minimum absolute atomic E-state index is 0.104. The zero-order valence-corrected chi connectivity index (χ0v) is 11.7. The van der Waals surface area contributed by atoms with Gasteiger partial charge in [-0.3, -0.25) is 9.05 Å². The zero-order chi connectivity index (χ0) is 14.6. The molecule has 1 aromatic heterocycles. The summed E-state index contributed by atoms with van der Waals surface area (Å²) in [5.41, 5.74) is 0.771. The van der Waals surface area contributed by atoms with Crippen molar-refractivity contribution in [3.63, 3.8) is 0 Å². The lowest BCUT2D eigenvalue weighted by atomic mass is 10.1. The van der Waals surface area contributed by atoms with Crippen LogP contribution in [0, 0.1) is 0 Å². The molecule has 0 aliphatic carbocycles. The third-order valence-corrected chi connectivity index (χ3v) is 4.64. The van der Waals surface area contributed by atoms with Crippen molar-refractivity contribution in [2.45, 2.75) is 24.5 Å². The average molecular weight is 312 g/mol. The third-order valence-electron chi connectivity index (χ3n) is 3.66. The summed E-state index contributed by atoms with van der Waals surface area (Å²) >= 11 is 0. The minimum Gasteiger partial charge on any atom is -0.385 e. The Morgan fingerprint density at radius 1 is 1.38 bits per heavy atom. The van der Waals surface area contributed by atoms with Gasteiger partial charge in [0.25, 0.3) is 0 Å². The highest BCUT2D eigenvalue weighted by Crippen LogP contribution is 2.52. The minimum atomic E-state index is -4.11. The first-order valence-electron chi connectivity index (χ1n) is 6.47. The zero-order valence-electron chi connectivity index (χ0n) is 10.8. The first-order chi connectivity index (χ1) is 10.0. The summed E-state index contributed by atoms with van der Waals surface area (Å²) in [4.78, 5) is 9.33. The second-order valence-electron chi connectivity index (χ2n) is 5.06. The van der Waals surface area contributed by atoms with Crippen LogP contribution in [0.5, 0.6) is 0 Å². The molecule has 8 nitrogen and oxygen atoms in total. The fourth-order valence-corrected chi connectivity index (χ4v) is 3.63. The van der Waals surface area contributed by atoms with E-state index in [9.17, 15) is 14.6 Å². The lowest BCUT2D eigenvalue weighted by Gasteiger charge is -2.27. The molecule has 21 heavy (non-hydrogen) atoms. The van der Waals surface area contributed by atoms with Gasteiger partial charge in [0.1, 0.15) is 18.3 Å². The molecule has 9 heteroatoms. The van der Waals surface area contributed by atoms with E-state index >= 15 is 0 Å². The summed E-state index contributed by atoms with van der Waals surface area (Å²) in [5.74, 6) is 0. The molecule has 4 rings (SSSR count). The molecule has 0 radical (unpaired) electrons. The van der Waals surface area contributed by atoms with E-state index in [1.807, 2.05) is 24.3 Å². The van der Waals surface area contributed by atoms with Crippen molar-refractivity contribution in [2.75, 3.05) is 6.61 Å². The number of nitrogens with zero attached hydrogens (tertiary/aromatic N) is 2. The number of fused-ring (bicyclic) bond motifs is 2. The highest BCUT2D eigenvalue weighted by Gasteiger charge is 2.52. The highest BCUT2D eigenvalue weighted by molar-refractivity contribution is 7.47. The molecular weight excluding hydrogens is 299 g/mol. The highest BCUT2D eigenvalue weighted by atomic mass is 31.2. The molecular formula is C12H13N2O6P. The molecule has 1 unspecified atom stereocenters. The number of phosphoric ester groups is 1. The van der Waals surface area contributed by atoms with Gasteiger partial charge in [-0.25, -0.2) is 9.25 Å². The number of ether oxygens (including phenoxy) is 1. The normalized spacial score (nSPS) is 39.5. The Labute approximate surface area is 119 Å². The molecule has 112 valence electrons. The third kappa shape index (κ3) is 2.20. The largest absolute Gasteiger partial charge is 0.472 e. The SMILES string of the molecule is O=P1(O)OC[C@H]2O[C@@H](n3cc4ccccc4n3)[C@H](O)[C@@H]2O1. The second-order valence-corrected chi connectivity index (χ2v) is 6.46. The second kappa shape index (κ2) is 4.61. The van der Waals surface area contributed by atoms with E-state index in [0.717, 1.165) is 10.9 Å². The fraction of sp³-hybridized carbons (Fsp3) is 0.417. The maximum atomic E-state index is 11.4. The van der Waals surface area contributed by atoms with Crippen molar-refractivity contribution < 1.29 is 28.3 Å². The molecule has 0 bridgehead atoms. The summed E-state index contributed by atoms with van der Waals surface area (Å²) in [5, 5.41) is 15.5. The van der Waals surface area contributed by atoms with Crippen LogP contribution in [0.1, 0.15) is 6.23 Å². The number of rotatable bonds is 1. The number of aromatic nitrogens is 2. The molecule has 0 amide bonds. The number of hydrogen-bond acceptors (Lipinski definition) is 6. The smallest absolute Gasteiger partial charge is 0.385 e. The Bertz CT molecular complexity index is 700. The van der Waals surface area contributed by atoms with Crippen LogP contribution in [0.2, 0.25) is 0 Å². The van der Waals surface area contributed by atoms with Crippen LogP contribution in [-0.4, -0.2) is 44.7 Å². The van der Waals surface area contributed by atoms with Crippen LogP contribution in [0.4, 0.5) is 0 Å². The molecule has 2 saturated heterocycles. The van der Waals surface area contributed by atoms with E-state index in [0.29, 0.717) is 0 Å². The van der Waals surface area contributed by atoms with E-state index in [4.69, 9.17) is 13.8 Å². The summed E-state index contributed by atoms with van der Waals surface area (Å²) in [6.07, 6.45) is -1.65. The molecule has 2 aliphatic rings. The molecule has 3 heterocycles. The predicted octanol–water partition coefficient (Wildman–Crippen LogP) is 0.810. The van der Waals surface area contributed by atoms with Gasteiger partial charge in [0.15, 0.2) is 6.23 Å². The van der Waals surface area contributed by atoms with Crippen molar-refractivity contribution in [3.05, 3.63) is 30.5 Å². The molecule has 5 atom stereocenters. The first-order valence-corrected chi connectivity index (χ1v) is 7.96. The maximum absolute atomic E-state index is 11.4. The summed E-state index contributed by atoms with van der Waals surface area (Å²) in [7, 11) is -4.11. The summed E-state index contributed by atoms with van der Waals surface area (Å²) in [6, 6.07) is 7.50. The van der Waals surface area contributed by atoms with Crippen LogP contribution in [-0.2, 0) is 18.3 Å². The van der Waals surface area contributed by atoms with Crippen LogP contribution in [0.15, 0.2) is 30.5 Å². The standard InChI is InChI=1S/C12H13N2O6P/c15-10-11-9(6-18-21(16,17)20-11)19-12(10)14-5-7-3-1-2-4-8(7)13-14/h1-5,9-12,15H,6H2,(H,16,17)/t9-,10-,11-,12-/m1/s1.